The Balaban J connectivity index is 1.86. The van der Waals surface area contributed by atoms with E-state index in [4.69, 9.17) is 10.9 Å². The number of hydrogen-bond acceptors (Lipinski definition) is 5. The van der Waals surface area contributed by atoms with Crippen LogP contribution in [0.2, 0.25) is 0 Å². The summed E-state index contributed by atoms with van der Waals surface area (Å²) in [4.78, 5) is 6.36. The van der Waals surface area contributed by atoms with E-state index >= 15 is 0 Å². The molecule has 0 spiro atoms. The minimum atomic E-state index is -0.506. The summed E-state index contributed by atoms with van der Waals surface area (Å²) in [5.41, 5.74) is 6.81. The number of nitrogens with zero attached hydrogens (tertiary/aromatic N) is 3. The van der Waals surface area contributed by atoms with Crippen LogP contribution in [0.15, 0.2) is 23.6 Å². The molecule has 0 aromatic carbocycles. The van der Waals surface area contributed by atoms with Gasteiger partial charge in [0.1, 0.15) is 0 Å². The van der Waals surface area contributed by atoms with Crippen molar-refractivity contribution >= 4 is 11.5 Å². The molecule has 0 amide bonds. The number of rotatable bonds is 2. The van der Waals surface area contributed by atoms with Crippen LogP contribution in [0.5, 0.6) is 0 Å². The van der Waals surface area contributed by atoms with Crippen LogP contribution >= 0.6 is 0 Å². The molecule has 1 saturated carbocycles. The minimum absolute atomic E-state index is 0.0943. The Morgan fingerprint density at radius 1 is 1.43 bits per heavy atom. The summed E-state index contributed by atoms with van der Waals surface area (Å²) >= 11 is 0. The van der Waals surface area contributed by atoms with Gasteiger partial charge in [-0.25, -0.2) is 0 Å². The lowest BCUT2D eigenvalue weighted by molar-refractivity contribution is -0.0612. The molecule has 2 atom stereocenters. The Kier molecular flexibility index (Phi) is 3.71. The molecule has 114 valence electrons. The van der Waals surface area contributed by atoms with E-state index in [-0.39, 0.29) is 5.84 Å². The monoisotopic (exact) mass is 290 g/mol. The lowest BCUT2D eigenvalue weighted by Gasteiger charge is -2.48. The first kappa shape index (κ1) is 14.1. The van der Waals surface area contributed by atoms with E-state index < -0.39 is 5.60 Å². The minimum Gasteiger partial charge on any atom is -0.409 e. The molecule has 1 aromatic rings. The number of amidine groups is 1. The molecule has 1 aliphatic heterocycles. The first-order chi connectivity index (χ1) is 10.1. The van der Waals surface area contributed by atoms with Gasteiger partial charge in [-0.2, -0.15) is 0 Å². The second-order valence-corrected chi connectivity index (χ2v) is 6.12. The third-order valence-electron chi connectivity index (χ3n) is 4.95. The maximum atomic E-state index is 10.7. The van der Waals surface area contributed by atoms with Crippen LogP contribution in [0.3, 0.4) is 0 Å². The van der Waals surface area contributed by atoms with Crippen molar-refractivity contribution in [3.8, 4) is 0 Å². The largest absolute Gasteiger partial charge is 0.409 e. The van der Waals surface area contributed by atoms with Crippen LogP contribution in [0.1, 0.15) is 37.7 Å². The maximum Gasteiger partial charge on any atom is 0.172 e. The van der Waals surface area contributed by atoms with E-state index in [0.717, 1.165) is 44.5 Å². The van der Waals surface area contributed by atoms with Crippen LogP contribution in [-0.2, 0) is 0 Å². The van der Waals surface area contributed by atoms with Crippen molar-refractivity contribution in [3.05, 3.63) is 24.0 Å². The van der Waals surface area contributed by atoms with Crippen molar-refractivity contribution in [1.29, 1.82) is 0 Å². The highest BCUT2D eigenvalue weighted by atomic mass is 16.4. The summed E-state index contributed by atoms with van der Waals surface area (Å²) in [6, 6.07) is 1.76. The first-order valence-electron chi connectivity index (χ1n) is 7.53. The molecule has 4 N–H and O–H groups in total. The van der Waals surface area contributed by atoms with Gasteiger partial charge in [0.15, 0.2) is 5.84 Å². The third-order valence-corrected chi connectivity index (χ3v) is 4.95. The predicted molar refractivity (Wildman–Crippen MR) is 80.5 cm³/mol. The van der Waals surface area contributed by atoms with E-state index in [0.29, 0.717) is 11.5 Å². The van der Waals surface area contributed by atoms with Crippen molar-refractivity contribution in [2.24, 2.45) is 16.8 Å². The summed E-state index contributed by atoms with van der Waals surface area (Å²) in [6.07, 6.45) is 8.43. The Labute approximate surface area is 124 Å². The second-order valence-electron chi connectivity index (χ2n) is 6.12. The van der Waals surface area contributed by atoms with Gasteiger partial charge in [0.2, 0.25) is 0 Å². The molecule has 0 radical (unpaired) electrons. The Hall–Kier alpha value is -1.82. The summed E-state index contributed by atoms with van der Waals surface area (Å²) in [5.74, 6) is 0.386. The number of nitrogens with two attached hydrogens (primary N) is 1. The molecule has 6 nitrogen and oxygen atoms in total. The summed E-state index contributed by atoms with van der Waals surface area (Å²) < 4.78 is 0. The Morgan fingerprint density at radius 2 is 2.29 bits per heavy atom. The van der Waals surface area contributed by atoms with Crippen molar-refractivity contribution in [1.82, 2.24) is 4.98 Å². The quantitative estimate of drug-likeness (QED) is 0.330. The van der Waals surface area contributed by atoms with E-state index in [1.165, 1.54) is 6.42 Å². The summed E-state index contributed by atoms with van der Waals surface area (Å²) in [6.45, 7) is 1.57. The Bertz CT molecular complexity index is 548. The fraction of sp³-hybridized carbons (Fsp3) is 0.600. The highest BCUT2D eigenvalue weighted by Gasteiger charge is 2.43. The molecule has 1 aliphatic carbocycles. The van der Waals surface area contributed by atoms with Gasteiger partial charge in [-0.15, -0.1) is 0 Å². The molecule has 3 rings (SSSR count). The molecule has 2 unspecified atom stereocenters. The van der Waals surface area contributed by atoms with E-state index in [1.807, 2.05) is 0 Å². The summed E-state index contributed by atoms with van der Waals surface area (Å²) in [5, 5.41) is 22.8. The van der Waals surface area contributed by atoms with Crippen molar-refractivity contribution in [2.45, 2.75) is 37.7 Å². The number of anilines is 1. The van der Waals surface area contributed by atoms with E-state index in [9.17, 15) is 5.11 Å². The van der Waals surface area contributed by atoms with Gasteiger partial charge >= 0.3 is 0 Å². The van der Waals surface area contributed by atoms with Gasteiger partial charge in [-0.05, 0) is 25.3 Å². The third kappa shape index (κ3) is 2.55. The lowest BCUT2D eigenvalue weighted by atomic mass is 9.71. The number of piperidine rings is 1. The molecule has 6 heteroatoms. The molecule has 2 fully saturated rings. The van der Waals surface area contributed by atoms with Gasteiger partial charge in [0, 0.05) is 30.8 Å². The zero-order valence-corrected chi connectivity index (χ0v) is 12.1. The lowest BCUT2D eigenvalue weighted by Crippen LogP contribution is -2.53. The molecule has 1 aromatic heterocycles. The van der Waals surface area contributed by atoms with Crippen molar-refractivity contribution in [2.75, 3.05) is 18.0 Å². The first-order valence-corrected chi connectivity index (χ1v) is 7.53. The zero-order chi connectivity index (χ0) is 14.9. The predicted octanol–water partition coefficient (Wildman–Crippen LogP) is 1.31. The van der Waals surface area contributed by atoms with Gasteiger partial charge in [0.25, 0.3) is 0 Å². The molecule has 1 saturated heterocycles. The molecule has 21 heavy (non-hydrogen) atoms. The number of hydrogen-bond donors (Lipinski definition) is 3. The van der Waals surface area contributed by atoms with Crippen LogP contribution in [0.4, 0.5) is 5.69 Å². The number of aliphatic hydroxyl groups is 1. The van der Waals surface area contributed by atoms with Gasteiger partial charge in [0.05, 0.1) is 17.5 Å². The van der Waals surface area contributed by atoms with Gasteiger partial charge < -0.3 is 20.9 Å². The van der Waals surface area contributed by atoms with Crippen LogP contribution in [0, 0.1) is 5.92 Å². The Morgan fingerprint density at radius 3 is 3.10 bits per heavy atom. The number of aromatic nitrogens is 1. The molecule has 2 heterocycles. The van der Waals surface area contributed by atoms with Crippen molar-refractivity contribution in [3.63, 3.8) is 0 Å². The van der Waals surface area contributed by atoms with Crippen LogP contribution in [-0.4, -0.2) is 39.8 Å². The maximum absolute atomic E-state index is 10.7. The SMILES string of the molecule is N/C(=N/O)c1ccncc1N1CCC2(O)CCCCC2C1. The van der Waals surface area contributed by atoms with E-state index in [1.54, 1.807) is 18.5 Å². The highest BCUT2D eigenvalue weighted by Crippen LogP contribution is 2.41. The fourth-order valence-corrected chi connectivity index (χ4v) is 3.70. The molecule has 0 bridgehead atoms. The smallest absolute Gasteiger partial charge is 0.172 e. The van der Waals surface area contributed by atoms with E-state index in [2.05, 4.69) is 15.0 Å². The van der Waals surface area contributed by atoms with Crippen molar-refractivity contribution < 1.29 is 10.3 Å². The standard InChI is InChI=1S/C15H22N4O2/c16-14(18-21)12-4-7-17-9-13(12)19-8-6-15(20)5-2-1-3-11(15)10-19/h4,7,9,11,20-21H,1-3,5-6,8,10H2,(H2,16,18). The zero-order valence-electron chi connectivity index (χ0n) is 12.1. The topological polar surface area (TPSA) is 95.0 Å². The van der Waals surface area contributed by atoms with Gasteiger partial charge in [-0.3, -0.25) is 4.98 Å². The average Bonchev–Trinajstić information content (AvgIpc) is 2.53. The van der Waals surface area contributed by atoms with Gasteiger partial charge in [-0.1, -0.05) is 18.0 Å². The number of oxime groups is 1. The second kappa shape index (κ2) is 5.52. The normalized spacial score (nSPS) is 30.0. The number of fused-ring (bicyclic) bond motifs is 1. The highest BCUT2D eigenvalue weighted by molar-refractivity contribution is 6.02. The average molecular weight is 290 g/mol. The molecular weight excluding hydrogens is 268 g/mol. The fourth-order valence-electron chi connectivity index (χ4n) is 3.70. The summed E-state index contributed by atoms with van der Waals surface area (Å²) in [7, 11) is 0. The molecular formula is C15H22N4O2. The van der Waals surface area contributed by atoms with Crippen LogP contribution in [0.25, 0.3) is 0 Å². The van der Waals surface area contributed by atoms with Crippen LogP contribution < -0.4 is 10.6 Å². The molecule has 2 aliphatic rings. The number of pyridine rings is 1.